The van der Waals surface area contributed by atoms with Crippen LogP contribution in [-0.4, -0.2) is 44.0 Å². The van der Waals surface area contributed by atoms with Crippen LogP contribution in [0.4, 0.5) is 6.01 Å². The lowest BCUT2D eigenvalue weighted by atomic mass is 10.1. The number of hydrogen-bond donors (Lipinski definition) is 1. The number of nitrogens with zero attached hydrogens (tertiary/aromatic N) is 4. The predicted octanol–water partition coefficient (Wildman–Crippen LogP) is 3.77. The fourth-order valence-corrected chi connectivity index (χ4v) is 4.10. The van der Waals surface area contributed by atoms with Gasteiger partial charge in [0.05, 0.1) is 16.7 Å². The van der Waals surface area contributed by atoms with E-state index in [1.165, 1.54) is 0 Å². The quantitative estimate of drug-likeness (QED) is 0.194. The molecule has 0 unspecified atom stereocenters. The van der Waals surface area contributed by atoms with Crippen LogP contribution in [0, 0.1) is 5.92 Å². The van der Waals surface area contributed by atoms with Crippen LogP contribution >= 0.6 is 11.8 Å². The number of ether oxygens (including phenoxy) is 1. The maximum Gasteiger partial charge on any atom is 0.322 e. The highest BCUT2D eigenvalue weighted by Gasteiger charge is 2.16. The fraction of sp³-hybridized carbons (Fsp3) is 0.280. The fourth-order valence-electron chi connectivity index (χ4n) is 3.28. The third-order valence-electron chi connectivity index (χ3n) is 5.13. The molecular weight excluding hydrogens is 482 g/mol. The first-order valence-corrected chi connectivity index (χ1v) is 12.4. The summed E-state index contributed by atoms with van der Waals surface area (Å²) in [6.07, 6.45) is 0.791. The van der Waals surface area contributed by atoms with Crippen molar-refractivity contribution >= 4 is 40.6 Å². The van der Waals surface area contributed by atoms with Crippen molar-refractivity contribution in [2.45, 2.75) is 32.0 Å². The standard InChI is InChI=1S/C25H25N5O5S/c1-16(2)12-13-30-23(33)18-10-6-7-11-19(18)26-25(30)36-15-21(32)34-14-20(31)27-24-29-28-22(35-24)17-8-4-3-5-9-17/h3-11,16H,12-15H2,1-2H3,(H,27,29,31). The molecule has 0 aliphatic heterocycles. The number of hydrogen-bond acceptors (Lipinski definition) is 9. The van der Waals surface area contributed by atoms with Gasteiger partial charge in [0, 0.05) is 12.1 Å². The van der Waals surface area contributed by atoms with Gasteiger partial charge in [-0.1, -0.05) is 61.0 Å². The highest BCUT2D eigenvalue weighted by atomic mass is 32.2. The van der Waals surface area contributed by atoms with Gasteiger partial charge in [0.1, 0.15) is 0 Å². The van der Waals surface area contributed by atoms with Crippen molar-refractivity contribution in [1.82, 2.24) is 19.7 Å². The topological polar surface area (TPSA) is 129 Å². The van der Waals surface area contributed by atoms with Crippen LogP contribution in [-0.2, 0) is 20.9 Å². The Kier molecular flexibility index (Phi) is 8.11. The number of carbonyl (C=O) groups is 2. The van der Waals surface area contributed by atoms with Crippen LogP contribution in [0.15, 0.2) is 69.0 Å². The highest BCUT2D eigenvalue weighted by Crippen LogP contribution is 2.20. The summed E-state index contributed by atoms with van der Waals surface area (Å²) in [6.45, 7) is 4.12. The molecule has 0 spiro atoms. The molecule has 11 heteroatoms. The van der Waals surface area contributed by atoms with E-state index in [9.17, 15) is 14.4 Å². The number of para-hydroxylation sites is 1. The van der Waals surface area contributed by atoms with Crippen LogP contribution in [0.5, 0.6) is 0 Å². The van der Waals surface area contributed by atoms with E-state index in [0.29, 0.717) is 34.1 Å². The summed E-state index contributed by atoms with van der Waals surface area (Å²) in [5.41, 5.74) is 1.13. The summed E-state index contributed by atoms with van der Waals surface area (Å²) in [4.78, 5) is 42.0. The number of fused-ring (bicyclic) bond motifs is 1. The minimum atomic E-state index is -0.622. The third kappa shape index (κ3) is 6.36. The molecule has 4 aromatic rings. The molecule has 0 saturated carbocycles. The minimum Gasteiger partial charge on any atom is -0.455 e. The van der Waals surface area contributed by atoms with E-state index in [1.807, 2.05) is 18.2 Å². The zero-order chi connectivity index (χ0) is 25.5. The maximum atomic E-state index is 13.0. The summed E-state index contributed by atoms with van der Waals surface area (Å²) in [5.74, 6) is -0.700. The van der Waals surface area contributed by atoms with Gasteiger partial charge in [0.15, 0.2) is 11.8 Å². The Labute approximate surface area is 211 Å². The second kappa shape index (κ2) is 11.6. The first kappa shape index (κ1) is 25.1. The molecule has 0 radical (unpaired) electrons. The number of carbonyl (C=O) groups excluding carboxylic acids is 2. The van der Waals surface area contributed by atoms with Crippen LogP contribution in [0.2, 0.25) is 0 Å². The summed E-state index contributed by atoms with van der Waals surface area (Å²) >= 11 is 1.10. The van der Waals surface area contributed by atoms with Crippen molar-refractivity contribution in [2.75, 3.05) is 17.7 Å². The summed E-state index contributed by atoms with van der Waals surface area (Å²) in [6, 6.07) is 16.1. The molecule has 0 aliphatic carbocycles. The summed E-state index contributed by atoms with van der Waals surface area (Å²) in [7, 11) is 0. The number of anilines is 1. The SMILES string of the molecule is CC(C)CCn1c(SCC(=O)OCC(=O)Nc2nnc(-c3ccccc3)o2)nc2ccccc2c1=O. The van der Waals surface area contributed by atoms with Gasteiger partial charge in [-0.05, 0) is 36.6 Å². The average Bonchev–Trinajstić information content (AvgIpc) is 3.34. The number of aromatic nitrogens is 4. The Morgan fingerprint density at radius 3 is 2.61 bits per heavy atom. The van der Waals surface area contributed by atoms with E-state index >= 15 is 0 Å². The number of amides is 1. The zero-order valence-corrected chi connectivity index (χ0v) is 20.7. The molecule has 0 bridgehead atoms. The first-order valence-electron chi connectivity index (χ1n) is 11.4. The number of nitrogens with one attached hydrogen (secondary N) is 1. The second-order valence-corrected chi connectivity index (χ2v) is 9.27. The van der Waals surface area contributed by atoms with E-state index < -0.39 is 18.5 Å². The monoisotopic (exact) mass is 507 g/mol. The van der Waals surface area contributed by atoms with Crippen molar-refractivity contribution < 1.29 is 18.7 Å². The van der Waals surface area contributed by atoms with Gasteiger partial charge in [0.2, 0.25) is 5.89 Å². The Balaban J connectivity index is 1.33. The molecule has 0 atom stereocenters. The molecule has 2 heterocycles. The van der Waals surface area contributed by atoms with E-state index in [-0.39, 0.29) is 23.2 Å². The first-order chi connectivity index (χ1) is 17.4. The van der Waals surface area contributed by atoms with Crippen LogP contribution in [0.3, 0.4) is 0 Å². The normalized spacial score (nSPS) is 11.1. The van der Waals surface area contributed by atoms with Crippen molar-refractivity contribution in [2.24, 2.45) is 5.92 Å². The molecule has 4 rings (SSSR count). The predicted molar refractivity (Wildman–Crippen MR) is 136 cm³/mol. The molecule has 0 saturated heterocycles. The Morgan fingerprint density at radius 1 is 1.08 bits per heavy atom. The molecule has 1 amide bonds. The smallest absolute Gasteiger partial charge is 0.322 e. The van der Waals surface area contributed by atoms with Crippen molar-refractivity contribution in [3.63, 3.8) is 0 Å². The number of esters is 1. The van der Waals surface area contributed by atoms with E-state index in [4.69, 9.17) is 9.15 Å². The average molecular weight is 508 g/mol. The van der Waals surface area contributed by atoms with E-state index in [1.54, 1.807) is 41.0 Å². The van der Waals surface area contributed by atoms with Crippen LogP contribution in [0.1, 0.15) is 20.3 Å². The summed E-state index contributed by atoms with van der Waals surface area (Å²) < 4.78 is 12.1. The largest absolute Gasteiger partial charge is 0.455 e. The molecule has 186 valence electrons. The Bertz CT molecular complexity index is 1420. The van der Waals surface area contributed by atoms with Crippen LogP contribution < -0.4 is 10.9 Å². The second-order valence-electron chi connectivity index (χ2n) is 8.33. The number of benzene rings is 2. The lowest BCUT2D eigenvalue weighted by Gasteiger charge is -2.14. The van der Waals surface area contributed by atoms with Gasteiger partial charge in [-0.25, -0.2) is 4.98 Å². The van der Waals surface area contributed by atoms with Gasteiger partial charge in [-0.3, -0.25) is 24.3 Å². The molecular formula is C25H25N5O5S. The van der Waals surface area contributed by atoms with E-state index in [2.05, 4.69) is 34.3 Å². The number of rotatable bonds is 10. The maximum absolute atomic E-state index is 13.0. The van der Waals surface area contributed by atoms with Gasteiger partial charge in [-0.15, -0.1) is 5.10 Å². The molecule has 36 heavy (non-hydrogen) atoms. The number of thioether (sulfide) groups is 1. The van der Waals surface area contributed by atoms with Crippen molar-refractivity contribution in [1.29, 1.82) is 0 Å². The lowest BCUT2D eigenvalue weighted by Crippen LogP contribution is -2.25. The molecule has 2 aromatic carbocycles. The Hall–Kier alpha value is -3.99. The Morgan fingerprint density at radius 2 is 1.83 bits per heavy atom. The molecule has 10 nitrogen and oxygen atoms in total. The van der Waals surface area contributed by atoms with Gasteiger partial charge in [-0.2, -0.15) is 0 Å². The zero-order valence-electron chi connectivity index (χ0n) is 19.8. The molecule has 0 fully saturated rings. The highest BCUT2D eigenvalue weighted by molar-refractivity contribution is 7.99. The minimum absolute atomic E-state index is 0.0983. The summed E-state index contributed by atoms with van der Waals surface area (Å²) in [5, 5.41) is 11.0. The molecule has 1 N–H and O–H groups in total. The van der Waals surface area contributed by atoms with Crippen molar-refractivity contribution in [3.05, 3.63) is 65.0 Å². The molecule has 0 aliphatic rings. The molecule has 2 aromatic heterocycles. The van der Waals surface area contributed by atoms with Gasteiger partial charge >= 0.3 is 12.0 Å². The van der Waals surface area contributed by atoms with E-state index in [0.717, 1.165) is 18.2 Å². The third-order valence-corrected chi connectivity index (χ3v) is 6.08. The van der Waals surface area contributed by atoms with Crippen LogP contribution in [0.25, 0.3) is 22.4 Å². The van der Waals surface area contributed by atoms with Crippen molar-refractivity contribution in [3.8, 4) is 11.5 Å². The lowest BCUT2D eigenvalue weighted by molar-refractivity contribution is -0.144. The van der Waals surface area contributed by atoms with Gasteiger partial charge < -0.3 is 9.15 Å². The van der Waals surface area contributed by atoms with Gasteiger partial charge in [0.25, 0.3) is 11.5 Å².